The molecule has 0 atom stereocenters. The van der Waals surface area contributed by atoms with Gasteiger partial charge in [0.2, 0.25) is 11.9 Å². The molecule has 1 aromatic carbocycles. The number of nitrogens with one attached hydrogen (secondary N) is 2. The van der Waals surface area contributed by atoms with Crippen LogP contribution in [0.2, 0.25) is 0 Å². The van der Waals surface area contributed by atoms with Gasteiger partial charge in [0.1, 0.15) is 22.7 Å². The van der Waals surface area contributed by atoms with Crippen LogP contribution < -0.4 is 11.1 Å². The number of hydrogen-bond donors (Lipinski definition) is 3. The number of fused-ring (bicyclic) bond motifs is 1. The molecule has 0 aliphatic heterocycles. The van der Waals surface area contributed by atoms with Gasteiger partial charge < -0.3 is 16.0 Å². The van der Waals surface area contributed by atoms with E-state index in [1.54, 1.807) is 6.33 Å². The van der Waals surface area contributed by atoms with E-state index in [1.807, 2.05) is 30.3 Å². The molecule has 4 N–H and O–H groups in total. The molecule has 0 saturated carbocycles. The van der Waals surface area contributed by atoms with Crippen LogP contribution in [-0.2, 0) is 5.75 Å². The van der Waals surface area contributed by atoms with Crippen molar-refractivity contribution in [1.29, 1.82) is 0 Å². The molecule has 4 rings (SSSR count). The molecule has 0 bridgehead atoms. The van der Waals surface area contributed by atoms with E-state index >= 15 is 0 Å². The number of anilines is 3. The third-order valence-corrected chi connectivity index (χ3v) is 4.24. The summed E-state index contributed by atoms with van der Waals surface area (Å²) in [6.45, 7) is 0. The number of rotatable bonds is 5. The molecular weight excluding hydrogens is 338 g/mol. The number of aromatic nitrogens is 7. The molecule has 0 radical (unpaired) electrons. The highest BCUT2D eigenvalue weighted by atomic mass is 32.2. The zero-order valence-electron chi connectivity index (χ0n) is 12.9. The fourth-order valence-corrected chi connectivity index (χ4v) is 3.01. The molecule has 0 amide bonds. The first-order valence-corrected chi connectivity index (χ1v) is 8.36. The monoisotopic (exact) mass is 351 g/mol. The molecule has 9 nitrogen and oxygen atoms in total. The second-order valence-corrected chi connectivity index (χ2v) is 5.96. The zero-order valence-corrected chi connectivity index (χ0v) is 13.7. The Balaban J connectivity index is 1.53. The van der Waals surface area contributed by atoms with Crippen LogP contribution in [0.15, 0.2) is 48.0 Å². The molecule has 0 unspecified atom stereocenters. The third-order valence-electron chi connectivity index (χ3n) is 3.26. The van der Waals surface area contributed by atoms with Gasteiger partial charge >= 0.3 is 0 Å². The predicted octanol–water partition coefficient (Wildman–Crippen LogP) is 2.16. The van der Waals surface area contributed by atoms with Crippen molar-refractivity contribution in [3.63, 3.8) is 0 Å². The van der Waals surface area contributed by atoms with Crippen LogP contribution in [0.25, 0.3) is 11.2 Å². The van der Waals surface area contributed by atoms with Gasteiger partial charge in [-0.2, -0.15) is 15.0 Å². The Labute approximate surface area is 146 Å². The number of aromatic amines is 1. The minimum atomic E-state index is 0.165. The molecule has 0 fully saturated rings. The van der Waals surface area contributed by atoms with Gasteiger partial charge in [-0.1, -0.05) is 30.0 Å². The number of thioether (sulfide) groups is 1. The summed E-state index contributed by atoms with van der Waals surface area (Å²) in [5.74, 6) is 1.62. The van der Waals surface area contributed by atoms with Crippen LogP contribution in [0, 0.1) is 0 Å². The average molecular weight is 351 g/mol. The SMILES string of the molecule is Nc1nc(CSc2ncnc3nc[nH]c23)nc(Nc2ccccc2)n1. The van der Waals surface area contributed by atoms with Crippen molar-refractivity contribution in [2.75, 3.05) is 11.1 Å². The summed E-state index contributed by atoms with van der Waals surface area (Å²) in [6.07, 6.45) is 3.07. The molecule has 0 saturated heterocycles. The third kappa shape index (κ3) is 3.48. The van der Waals surface area contributed by atoms with Gasteiger partial charge in [-0.3, -0.25) is 0 Å². The lowest BCUT2D eigenvalue weighted by molar-refractivity contribution is 0.979. The highest BCUT2D eigenvalue weighted by Gasteiger charge is 2.10. The van der Waals surface area contributed by atoms with Crippen LogP contribution in [0.1, 0.15) is 5.82 Å². The molecule has 124 valence electrons. The first-order chi connectivity index (χ1) is 12.3. The van der Waals surface area contributed by atoms with Crippen molar-refractivity contribution in [3.05, 3.63) is 48.8 Å². The Morgan fingerprint density at radius 3 is 2.80 bits per heavy atom. The van der Waals surface area contributed by atoms with Crippen molar-refractivity contribution in [2.24, 2.45) is 0 Å². The van der Waals surface area contributed by atoms with E-state index < -0.39 is 0 Å². The maximum absolute atomic E-state index is 5.80. The first-order valence-electron chi connectivity index (χ1n) is 7.37. The molecule has 3 aromatic heterocycles. The average Bonchev–Trinajstić information content (AvgIpc) is 3.10. The highest BCUT2D eigenvalue weighted by molar-refractivity contribution is 7.98. The fourth-order valence-electron chi connectivity index (χ4n) is 2.19. The van der Waals surface area contributed by atoms with Gasteiger partial charge in [-0.25, -0.2) is 15.0 Å². The maximum Gasteiger partial charge on any atom is 0.232 e. The first kappa shape index (κ1) is 15.3. The minimum Gasteiger partial charge on any atom is -0.368 e. The smallest absolute Gasteiger partial charge is 0.232 e. The standard InChI is InChI=1S/C15H13N9S/c16-14-22-10(23-15(24-14)21-9-4-2-1-3-5-9)6-25-13-11-12(18-7-17-11)19-8-20-13/h1-5,7-8H,6H2,(H,17,18,19,20)(H3,16,21,22,23,24). The summed E-state index contributed by atoms with van der Waals surface area (Å²) in [5.41, 5.74) is 8.09. The van der Waals surface area contributed by atoms with E-state index in [-0.39, 0.29) is 5.95 Å². The quantitative estimate of drug-likeness (QED) is 0.365. The summed E-state index contributed by atoms with van der Waals surface area (Å²) in [5, 5.41) is 3.89. The summed E-state index contributed by atoms with van der Waals surface area (Å²) >= 11 is 1.47. The van der Waals surface area contributed by atoms with Crippen LogP contribution in [0.5, 0.6) is 0 Å². The minimum absolute atomic E-state index is 0.165. The molecule has 3 heterocycles. The Morgan fingerprint density at radius 2 is 1.92 bits per heavy atom. The van der Waals surface area contributed by atoms with Crippen LogP contribution in [-0.4, -0.2) is 34.9 Å². The summed E-state index contributed by atoms with van der Waals surface area (Å²) in [7, 11) is 0. The van der Waals surface area contributed by atoms with E-state index in [9.17, 15) is 0 Å². The van der Waals surface area contributed by atoms with Crippen molar-refractivity contribution >= 4 is 40.5 Å². The lowest BCUT2D eigenvalue weighted by atomic mass is 10.3. The number of nitrogens with zero attached hydrogens (tertiary/aromatic N) is 6. The topological polar surface area (TPSA) is 131 Å². The van der Waals surface area contributed by atoms with E-state index in [0.29, 0.717) is 23.2 Å². The fraction of sp³-hybridized carbons (Fsp3) is 0.0667. The number of imidazole rings is 1. The molecule has 10 heteroatoms. The summed E-state index contributed by atoms with van der Waals surface area (Å²) in [6, 6.07) is 9.63. The van der Waals surface area contributed by atoms with Crippen LogP contribution >= 0.6 is 11.8 Å². The van der Waals surface area contributed by atoms with Gasteiger partial charge in [0.25, 0.3) is 0 Å². The lowest BCUT2D eigenvalue weighted by Crippen LogP contribution is -2.06. The van der Waals surface area contributed by atoms with Crippen molar-refractivity contribution in [2.45, 2.75) is 10.8 Å². The van der Waals surface area contributed by atoms with Crippen molar-refractivity contribution in [3.8, 4) is 0 Å². The van der Waals surface area contributed by atoms with Gasteiger partial charge in [-0.05, 0) is 12.1 Å². The summed E-state index contributed by atoms with van der Waals surface area (Å²) in [4.78, 5) is 28.2. The summed E-state index contributed by atoms with van der Waals surface area (Å²) < 4.78 is 0. The lowest BCUT2D eigenvalue weighted by Gasteiger charge is -2.07. The Morgan fingerprint density at radius 1 is 1.04 bits per heavy atom. The van der Waals surface area contributed by atoms with E-state index in [0.717, 1.165) is 16.2 Å². The van der Waals surface area contributed by atoms with Crippen molar-refractivity contribution in [1.82, 2.24) is 34.9 Å². The van der Waals surface area contributed by atoms with E-state index in [1.165, 1.54) is 18.1 Å². The van der Waals surface area contributed by atoms with Gasteiger partial charge in [-0.15, -0.1) is 0 Å². The van der Waals surface area contributed by atoms with Crippen molar-refractivity contribution < 1.29 is 0 Å². The molecular formula is C15H13N9S. The number of nitrogens with two attached hydrogens (primary N) is 1. The van der Waals surface area contributed by atoms with Gasteiger partial charge in [0.05, 0.1) is 12.1 Å². The Kier molecular flexibility index (Phi) is 4.09. The number of para-hydroxylation sites is 1. The largest absolute Gasteiger partial charge is 0.368 e. The molecule has 0 spiro atoms. The molecule has 0 aliphatic carbocycles. The second kappa shape index (κ2) is 6.69. The molecule has 4 aromatic rings. The van der Waals surface area contributed by atoms with Crippen LogP contribution in [0.4, 0.5) is 17.6 Å². The normalized spacial score (nSPS) is 10.9. The second-order valence-electron chi connectivity index (χ2n) is 4.99. The van der Waals surface area contributed by atoms with Crippen LogP contribution in [0.3, 0.4) is 0 Å². The van der Waals surface area contributed by atoms with E-state index in [2.05, 4.69) is 40.2 Å². The van der Waals surface area contributed by atoms with Gasteiger partial charge in [0, 0.05) is 5.69 Å². The molecule has 25 heavy (non-hydrogen) atoms. The predicted molar refractivity (Wildman–Crippen MR) is 95.2 cm³/mol. The number of nitrogen functional groups attached to an aromatic ring is 1. The Hall–Kier alpha value is -3.27. The molecule has 0 aliphatic rings. The number of hydrogen-bond acceptors (Lipinski definition) is 9. The number of benzene rings is 1. The Bertz CT molecular complexity index is 1000. The zero-order chi connectivity index (χ0) is 17.1. The van der Waals surface area contributed by atoms with E-state index in [4.69, 9.17) is 5.73 Å². The highest BCUT2D eigenvalue weighted by Crippen LogP contribution is 2.25. The maximum atomic E-state index is 5.80. The van der Waals surface area contributed by atoms with Gasteiger partial charge in [0.15, 0.2) is 5.65 Å². The number of H-pyrrole nitrogens is 1.